The fraction of sp³-hybridized carbons (Fsp3) is 0.500. The van der Waals surface area contributed by atoms with Crippen molar-refractivity contribution in [2.45, 2.75) is 33.2 Å². The van der Waals surface area contributed by atoms with Crippen LogP contribution in [0.4, 0.5) is 5.13 Å². The third-order valence-electron chi connectivity index (χ3n) is 4.31. The van der Waals surface area contributed by atoms with E-state index in [1.807, 2.05) is 19.2 Å². The number of aromatic nitrogens is 2. The van der Waals surface area contributed by atoms with E-state index in [1.165, 1.54) is 23.8 Å². The molecule has 1 fully saturated rings. The van der Waals surface area contributed by atoms with Crippen LogP contribution in [0.5, 0.6) is 5.88 Å². The number of anilines is 1. The van der Waals surface area contributed by atoms with Gasteiger partial charge in [-0.25, -0.2) is 9.97 Å². The van der Waals surface area contributed by atoms with E-state index < -0.39 is 0 Å². The van der Waals surface area contributed by atoms with Crippen molar-refractivity contribution in [2.75, 3.05) is 25.5 Å². The maximum absolute atomic E-state index is 11.1. The van der Waals surface area contributed by atoms with E-state index in [2.05, 4.69) is 26.3 Å². The number of carbonyl (C=O) groups is 1. The Morgan fingerprint density at radius 1 is 1.48 bits per heavy atom. The van der Waals surface area contributed by atoms with Crippen molar-refractivity contribution in [3.05, 3.63) is 34.5 Å². The maximum Gasteiger partial charge on any atom is 0.223 e. The number of methoxy groups -OCH3 is 1. The molecular formula is C18H24N4O2S. The van der Waals surface area contributed by atoms with Gasteiger partial charge in [-0.05, 0) is 43.9 Å². The van der Waals surface area contributed by atoms with Crippen molar-refractivity contribution in [3.8, 4) is 5.88 Å². The highest BCUT2D eigenvalue weighted by Gasteiger charge is 2.23. The number of rotatable bonds is 6. The number of amides is 1. The Balaban J connectivity index is 1.54. The summed E-state index contributed by atoms with van der Waals surface area (Å²) in [4.78, 5) is 23.3. The summed E-state index contributed by atoms with van der Waals surface area (Å²) in [6.45, 7) is 6.58. The zero-order valence-corrected chi connectivity index (χ0v) is 15.7. The number of carbonyl (C=O) groups excluding carboxylic acids is 1. The second kappa shape index (κ2) is 7.93. The third kappa shape index (κ3) is 4.99. The van der Waals surface area contributed by atoms with E-state index in [0.29, 0.717) is 16.9 Å². The molecule has 0 aliphatic carbocycles. The molecule has 1 aliphatic heterocycles. The molecule has 25 heavy (non-hydrogen) atoms. The van der Waals surface area contributed by atoms with E-state index in [9.17, 15) is 4.79 Å². The topological polar surface area (TPSA) is 67.3 Å². The maximum atomic E-state index is 11.1. The summed E-state index contributed by atoms with van der Waals surface area (Å²) in [5.74, 6) is 1.26. The normalized spacial score (nSPS) is 17.6. The van der Waals surface area contributed by atoms with Crippen LogP contribution in [0.3, 0.4) is 0 Å². The molecule has 3 heterocycles. The van der Waals surface area contributed by atoms with Gasteiger partial charge < -0.3 is 10.1 Å². The number of likely N-dealkylation sites (tertiary alicyclic amines) is 1. The Bertz CT molecular complexity index is 746. The minimum Gasteiger partial charge on any atom is -0.481 e. The number of hydrogen-bond donors (Lipinski definition) is 1. The highest BCUT2D eigenvalue weighted by atomic mass is 32.1. The fourth-order valence-electron chi connectivity index (χ4n) is 3.30. The van der Waals surface area contributed by atoms with E-state index in [4.69, 9.17) is 4.74 Å². The standard InChI is InChI=1S/C18H24N4O2S/c1-12-6-15(8-17(20-12)24-3)7-14-4-5-22(10-14)11-16-9-19-18(25-16)21-13(2)23/h6,8-9,14H,4-5,7,10-11H2,1-3H3,(H,19,21,23). The SMILES string of the molecule is COc1cc(CC2CCN(Cc3cnc(NC(C)=O)s3)C2)cc(C)n1. The van der Waals surface area contributed by atoms with E-state index >= 15 is 0 Å². The third-order valence-corrected chi connectivity index (χ3v) is 5.21. The lowest BCUT2D eigenvalue weighted by atomic mass is 9.99. The minimum absolute atomic E-state index is 0.0785. The van der Waals surface area contributed by atoms with Gasteiger partial charge in [0.25, 0.3) is 0 Å². The Morgan fingerprint density at radius 2 is 2.32 bits per heavy atom. The molecule has 2 aromatic rings. The average Bonchev–Trinajstić information content (AvgIpc) is 3.16. The molecular weight excluding hydrogens is 336 g/mol. The van der Waals surface area contributed by atoms with Crippen LogP contribution in [0.2, 0.25) is 0 Å². The summed E-state index contributed by atoms with van der Waals surface area (Å²) >= 11 is 1.55. The molecule has 6 nitrogen and oxygen atoms in total. The number of pyridine rings is 1. The summed E-state index contributed by atoms with van der Waals surface area (Å²) in [5, 5.41) is 3.42. The quantitative estimate of drug-likeness (QED) is 0.858. The largest absolute Gasteiger partial charge is 0.481 e. The van der Waals surface area contributed by atoms with Crippen molar-refractivity contribution in [2.24, 2.45) is 5.92 Å². The first kappa shape index (κ1) is 17.8. The van der Waals surface area contributed by atoms with Gasteiger partial charge in [0, 0.05) is 42.8 Å². The second-order valence-corrected chi connectivity index (χ2v) is 7.68. The van der Waals surface area contributed by atoms with Crippen molar-refractivity contribution >= 4 is 22.4 Å². The van der Waals surface area contributed by atoms with Crippen LogP contribution in [0.15, 0.2) is 18.3 Å². The van der Waals surface area contributed by atoms with Crippen LogP contribution < -0.4 is 10.1 Å². The van der Waals surface area contributed by atoms with Gasteiger partial charge in [0.05, 0.1) is 7.11 Å². The summed E-state index contributed by atoms with van der Waals surface area (Å²) < 4.78 is 5.27. The van der Waals surface area contributed by atoms with E-state index in [1.54, 1.807) is 18.4 Å². The lowest BCUT2D eigenvalue weighted by molar-refractivity contribution is -0.114. The molecule has 0 aromatic carbocycles. The van der Waals surface area contributed by atoms with Crippen molar-refractivity contribution in [3.63, 3.8) is 0 Å². The molecule has 0 spiro atoms. The second-order valence-electron chi connectivity index (χ2n) is 6.57. The Labute approximate surface area is 152 Å². The molecule has 0 bridgehead atoms. The zero-order valence-electron chi connectivity index (χ0n) is 14.9. The number of ether oxygens (including phenoxy) is 1. The van der Waals surface area contributed by atoms with Crippen molar-refractivity contribution < 1.29 is 9.53 Å². The first-order chi connectivity index (χ1) is 12.0. The molecule has 1 aliphatic rings. The average molecular weight is 360 g/mol. The van der Waals surface area contributed by atoms with Gasteiger partial charge in [0.1, 0.15) is 0 Å². The summed E-state index contributed by atoms with van der Waals surface area (Å²) in [6.07, 6.45) is 4.11. The number of nitrogens with zero attached hydrogens (tertiary/aromatic N) is 3. The Kier molecular flexibility index (Phi) is 5.65. The predicted octanol–water partition coefficient (Wildman–Crippen LogP) is 2.88. The van der Waals surface area contributed by atoms with Gasteiger partial charge in [-0.2, -0.15) is 0 Å². The molecule has 0 radical (unpaired) electrons. The van der Waals surface area contributed by atoms with Crippen molar-refractivity contribution in [1.29, 1.82) is 0 Å². The summed E-state index contributed by atoms with van der Waals surface area (Å²) in [6, 6.07) is 4.19. The molecule has 2 aromatic heterocycles. The molecule has 1 amide bonds. The molecule has 1 atom stereocenters. The Hall–Kier alpha value is -1.99. The van der Waals surface area contributed by atoms with Gasteiger partial charge in [0.2, 0.25) is 11.8 Å². The summed E-state index contributed by atoms with van der Waals surface area (Å²) in [7, 11) is 1.66. The monoisotopic (exact) mass is 360 g/mol. The van der Waals surface area contributed by atoms with E-state index in [-0.39, 0.29) is 5.91 Å². The zero-order chi connectivity index (χ0) is 17.8. The van der Waals surface area contributed by atoms with Gasteiger partial charge in [-0.15, -0.1) is 11.3 Å². The van der Waals surface area contributed by atoms with Crippen LogP contribution in [-0.4, -0.2) is 41.0 Å². The molecule has 7 heteroatoms. The van der Waals surface area contributed by atoms with Crippen LogP contribution in [0.1, 0.15) is 29.5 Å². The van der Waals surface area contributed by atoms with Gasteiger partial charge >= 0.3 is 0 Å². The molecule has 1 saturated heterocycles. The Morgan fingerprint density at radius 3 is 3.08 bits per heavy atom. The predicted molar refractivity (Wildman–Crippen MR) is 99.0 cm³/mol. The summed E-state index contributed by atoms with van der Waals surface area (Å²) in [5.41, 5.74) is 2.29. The first-order valence-electron chi connectivity index (χ1n) is 8.48. The molecule has 134 valence electrons. The molecule has 3 rings (SSSR count). The highest BCUT2D eigenvalue weighted by molar-refractivity contribution is 7.15. The number of hydrogen-bond acceptors (Lipinski definition) is 6. The van der Waals surface area contributed by atoms with Gasteiger partial charge in [0.15, 0.2) is 5.13 Å². The lowest BCUT2D eigenvalue weighted by Gasteiger charge is -2.15. The number of aryl methyl sites for hydroxylation is 1. The van der Waals surface area contributed by atoms with Crippen LogP contribution in [0.25, 0.3) is 0 Å². The number of nitrogens with one attached hydrogen (secondary N) is 1. The smallest absolute Gasteiger partial charge is 0.223 e. The molecule has 1 unspecified atom stereocenters. The van der Waals surface area contributed by atoms with Crippen LogP contribution in [-0.2, 0) is 17.8 Å². The van der Waals surface area contributed by atoms with E-state index in [0.717, 1.165) is 31.7 Å². The van der Waals surface area contributed by atoms with Gasteiger partial charge in [-0.3, -0.25) is 9.69 Å². The first-order valence-corrected chi connectivity index (χ1v) is 9.29. The highest BCUT2D eigenvalue weighted by Crippen LogP contribution is 2.26. The van der Waals surface area contributed by atoms with Gasteiger partial charge in [-0.1, -0.05) is 0 Å². The lowest BCUT2D eigenvalue weighted by Crippen LogP contribution is -2.20. The fourth-order valence-corrected chi connectivity index (χ4v) is 4.20. The molecule has 0 saturated carbocycles. The van der Waals surface area contributed by atoms with Crippen LogP contribution in [0, 0.1) is 12.8 Å². The van der Waals surface area contributed by atoms with Crippen LogP contribution >= 0.6 is 11.3 Å². The van der Waals surface area contributed by atoms with Crippen molar-refractivity contribution in [1.82, 2.24) is 14.9 Å². The minimum atomic E-state index is -0.0785. The molecule has 1 N–H and O–H groups in total. The number of thiazole rings is 1.